The van der Waals surface area contributed by atoms with Crippen LogP contribution in [0.2, 0.25) is 0 Å². The van der Waals surface area contributed by atoms with Gasteiger partial charge < -0.3 is 9.88 Å². The molecular weight excluding hydrogens is 318 g/mol. The SMILES string of the molecule is O=C(c1ccc2cc[nH]c2c1)N1CCc2nc3cc[nH]n3c(=O)c2C1. The van der Waals surface area contributed by atoms with Gasteiger partial charge in [-0.25, -0.2) is 9.50 Å². The average molecular weight is 333 g/mol. The Morgan fingerprint density at radius 3 is 3.00 bits per heavy atom. The van der Waals surface area contributed by atoms with Crippen molar-refractivity contribution in [2.24, 2.45) is 0 Å². The summed E-state index contributed by atoms with van der Waals surface area (Å²) >= 11 is 0. The van der Waals surface area contributed by atoms with Crippen LogP contribution in [0.5, 0.6) is 0 Å². The molecule has 0 spiro atoms. The summed E-state index contributed by atoms with van der Waals surface area (Å²) in [5, 5.41) is 3.93. The van der Waals surface area contributed by atoms with E-state index >= 15 is 0 Å². The van der Waals surface area contributed by atoms with Gasteiger partial charge in [-0.05, 0) is 23.6 Å². The molecule has 1 aliphatic heterocycles. The molecule has 0 aliphatic carbocycles. The number of fused-ring (bicyclic) bond motifs is 3. The highest BCUT2D eigenvalue weighted by Crippen LogP contribution is 2.20. The molecule has 0 fully saturated rings. The molecule has 0 radical (unpaired) electrons. The van der Waals surface area contributed by atoms with Crippen LogP contribution in [0.3, 0.4) is 0 Å². The number of aromatic nitrogens is 4. The normalized spacial score (nSPS) is 14.2. The van der Waals surface area contributed by atoms with Gasteiger partial charge in [0.05, 0.1) is 17.8 Å². The first-order valence-corrected chi connectivity index (χ1v) is 8.15. The quantitative estimate of drug-likeness (QED) is 0.556. The number of rotatable bonds is 1. The van der Waals surface area contributed by atoms with Crippen molar-refractivity contribution < 1.29 is 4.79 Å². The molecule has 0 bridgehead atoms. The van der Waals surface area contributed by atoms with E-state index in [-0.39, 0.29) is 18.0 Å². The van der Waals surface area contributed by atoms with Crippen LogP contribution in [0, 0.1) is 0 Å². The Labute approximate surface area is 141 Å². The second-order valence-electron chi connectivity index (χ2n) is 6.25. The van der Waals surface area contributed by atoms with Crippen LogP contribution in [-0.2, 0) is 13.0 Å². The van der Waals surface area contributed by atoms with Gasteiger partial charge in [0, 0.05) is 42.5 Å². The van der Waals surface area contributed by atoms with Crippen molar-refractivity contribution >= 4 is 22.5 Å². The van der Waals surface area contributed by atoms with Gasteiger partial charge in [-0.2, -0.15) is 0 Å². The Bertz CT molecular complexity index is 1180. The van der Waals surface area contributed by atoms with E-state index in [4.69, 9.17) is 0 Å². The van der Waals surface area contributed by atoms with Crippen LogP contribution in [0.4, 0.5) is 0 Å². The van der Waals surface area contributed by atoms with Crippen molar-refractivity contribution in [1.82, 2.24) is 24.5 Å². The van der Waals surface area contributed by atoms with Crippen LogP contribution in [0.1, 0.15) is 21.6 Å². The third-order valence-corrected chi connectivity index (χ3v) is 4.78. The predicted molar refractivity (Wildman–Crippen MR) is 92.6 cm³/mol. The van der Waals surface area contributed by atoms with Gasteiger partial charge in [0.2, 0.25) is 0 Å². The van der Waals surface area contributed by atoms with Gasteiger partial charge in [-0.15, -0.1) is 0 Å². The smallest absolute Gasteiger partial charge is 0.277 e. The van der Waals surface area contributed by atoms with Crippen LogP contribution in [0.15, 0.2) is 47.5 Å². The summed E-state index contributed by atoms with van der Waals surface area (Å²) in [5.74, 6) is -0.0712. The Kier molecular flexibility index (Phi) is 2.85. The minimum Gasteiger partial charge on any atom is -0.361 e. The summed E-state index contributed by atoms with van der Waals surface area (Å²) in [6.45, 7) is 0.840. The van der Waals surface area contributed by atoms with Crippen molar-refractivity contribution in [3.8, 4) is 0 Å². The molecule has 0 saturated carbocycles. The van der Waals surface area contributed by atoms with Crippen LogP contribution >= 0.6 is 0 Å². The van der Waals surface area contributed by atoms with E-state index in [1.54, 1.807) is 17.2 Å². The number of H-pyrrole nitrogens is 2. The predicted octanol–water partition coefficient (Wildman–Crippen LogP) is 1.70. The second-order valence-corrected chi connectivity index (χ2v) is 6.25. The van der Waals surface area contributed by atoms with E-state index in [1.165, 1.54) is 4.52 Å². The lowest BCUT2D eigenvalue weighted by atomic mass is 10.1. The van der Waals surface area contributed by atoms with Crippen molar-refractivity contribution in [3.05, 3.63) is 69.9 Å². The highest BCUT2D eigenvalue weighted by molar-refractivity contribution is 5.98. The standard InChI is InChI=1S/C18H15N5O2/c24-17(12-2-1-11-3-6-19-15(11)9-12)22-8-5-14-13(10-22)18(25)23-16(21-14)4-7-20-23/h1-4,6-7,9,19-20H,5,8,10H2. The maximum atomic E-state index is 12.9. The molecule has 124 valence electrons. The van der Waals surface area contributed by atoms with E-state index < -0.39 is 0 Å². The number of amides is 1. The van der Waals surface area contributed by atoms with Crippen molar-refractivity contribution in [3.63, 3.8) is 0 Å². The van der Waals surface area contributed by atoms with Crippen LogP contribution < -0.4 is 5.56 Å². The first-order chi connectivity index (χ1) is 12.2. The minimum atomic E-state index is -0.137. The van der Waals surface area contributed by atoms with Crippen molar-refractivity contribution in [2.75, 3.05) is 6.54 Å². The number of aromatic amines is 2. The maximum Gasteiger partial charge on any atom is 0.277 e. The number of nitrogens with one attached hydrogen (secondary N) is 2. The van der Waals surface area contributed by atoms with Gasteiger partial charge in [0.25, 0.3) is 11.5 Å². The summed E-state index contributed by atoms with van der Waals surface area (Å²) in [7, 11) is 0. The topological polar surface area (TPSA) is 86.3 Å². The molecule has 0 unspecified atom stereocenters. The zero-order valence-electron chi connectivity index (χ0n) is 13.3. The zero-order chi connectivity index (χ0) is 17.0. The molecule has 0 atom stereocenters. The molecule has 1 aliphatic rings. The summed E-state index contributed by atoms with van der Waals surface area (Å²) in [6.07, 6.45) is 4.12. The first kappa shape index (κ1) is 14.0. The number of hydrogen-bond donors (Lipinski definition) is 2. The van der Waals surface area contributed by atoms with Gasteiger partial charge in [-0.3, -0.25) is 14.7 Å². The molecule has 4 heterocycles. The molecule has 2 N–H and O–H groups in total. The molecular formula is C18H15N5O2. The molecule has 4 aromatic rings. The number of carbonyl (C=O) groups is 1. The van der Waals surface area contributed by atoms with Crippen LogP contribution in [-0.4, -0.2) is 36.9 Å². The number of benzene rings is 1. The lowest BCUT2D eigenvalue weighted by Gasteiger charge is -2.27. The van der Waals surface area contributed by atoms with E-state index in [2.05, 4.69) is 15.1 Å². The van der Waals surface area contributed by atoms with Crippen molar-refractivity contribution in [2.45, 2.75) is 13.0 Å². The Balaban J connectivity index is 1.52. The highest BCUT2D eigenvalue weighted by Gasteiger charge is 2.26. The lowest BCUT2D eigenvalue weighted by Crippen LogP contribution is -2.40. The molecule has 7 nitrogen and oxygen atoms in total. The summed E-state index contributed by atoms with van der Waals surface area (Å²) < 4.78 is 1.41. The number of hydrogen-bond acceptors (Lipinski definition) is 3. The molecule has 25 heavy (non-hydrogen) atoms. The summed E-state index contributed by atoms with van der Waals surface area (Å²) in [4.78, 5) is 34.9. The summed E-state index contributed by atoms with van der Waals surface area (Å²) in [6, 6.07) is 9.34. The van der Waals surface area contributed by atoms with Gasteiger partial charge in [-0.1, -0.05) is 6.07 Å². The van der Waals surface area contributed by atoms with Gasteiger partial charge in [0.1, 0.15) is 0 Å². The third kappa shape index (κ3) is 2.09. The minimum absolute atomic E-state index is 0.0712. The Morgan fingerprint density at radius 2 is 2.08 bits per heavy atom. The monoisotopic (exact) mass is 333 g/mol. The Morgan fingerprint density at radius 1 is 1.16 bits per heavy atom. The number of nitrogens with zero attached hydrogens (tertiary/aromatic N) is 3. The highest BCUT2D eigenvalue weighted by atomic mass is 16.2. The van der Waals surface area contributed by atoms with E-state index in [0.29, 0.717) is 29.7 Å². The first-order valence-electron chi connectivity index (χ1n) is 8.15. The fourth-order valence-electron chi connectivity index (χ4n) is 3.45. The van der Waals surface area contributed by atoms with Crippen LogP contribution in [0.25, 0.3) is 16.6 Å². The molecule has 5 rings (SSSR count). The Hall–Kier alpha value is -3.35. The van der Waals surface area contributed by atoms with Gasteiger partial charge >= 0.3 is 0 Å². The molecule has 0 saturated heterocycles. The van der Waals surface area contributed by atoms with E-state index in [0.717, 1.165) is 16.6 Å². The molecule has 7 heteroatoms. The fourth-order valence-corrected chi connectivity index (χ4v) is 3.45. The number of carbonyl (C=O) groups excluding carboxylic acids is 1. The lowest BCUT2D eigenvalue weighted by molar-refractivity contribution is 0.0732. The van der Waals surface area contributed by atoms with Crippen molar-refractivity contribution in [1.29, 1.82) is 0 Å². The third-order valence-electron chi connectivity index (χ3n) is 4.78. The molecule has 1 aromatic carbocycles. The van der Waals surface area contributed by atoms with E-state index in [1.807, 2.05) is 30.5 Å². The molecule has 3 aromatic heterocycles. The largest absolute Gasteiger partial charge is 0.361 e. The van der Waals surface area contributed by atoms with Gasteiger partial charge in [0.15, 0.2) is 5.65 Å². The molecule has 1 amide bonds. The average Bonchev–Trinajstić information content (AvgIpc) is 3.29. The van der Waals surface area contributed by atoms with E-state index in [9.17, 15) is 9.59 Å². The zero-order valence-corrected chi connectivity index (χ0v) is 13.3. The fraction of sp³-hybridized carbons (Fsp3) is 0.167. The second kappa shape index (κ2) is 5.07. The maximum absolute atomic E-state index is 12.9. The summed E-state index contributed by atoms with van der Waals surface area (Å²) in [5.41, 5.74) is 3.39.